The predicted octanol–water partition coefficient (Wildman–Crippen LogP) is 4.33. The van der Waals surface area contributed by atoms with E-state index in [9.17, 15) is 0 Å². The monoisotopic (exact) mass is 466 g/mol. The Morgan fingerprint density at radius 3 is 2.55 bits per heavy atom. The van der Waals surface area contributed by atoms with Gasteiger partial charge in [0.1, 0.15) is 23.7 Å². The zero-order valence-electron chi connectivity index (χ0n) is 19.7. The zero-order valence-corrected chi connectivity index (χ0v) is 20.6. The van der Waals surface area contributed by atoms with Crippen LogP contribution in [-0.4, -0.2) is 54.0 Å². The van der Waals surface area contributed by atoms with Crippen molar-refractivity contribution in [3.63, 3.8) is 0 Å². The van der Waals surface area contributed by atoms with E-state index < -0.39 is 0 Å². The van der Waals surface area contributed by atoms with E-state index in [4.69, 9.17) is 17.4 Å². The van der Waals surface area contributed by atoms with E-state index >= 15 is 0 Å². The third-order valence-corrected chi connectivity index (χ3v) is 6.57. The number of hydrogen-bond acceptors (Lipinski definition) is 8. The van der Waals surface area contributed by atoms with Crippen LogP contribution in [0.3, 0.4) is 0 Å². The van der Waals surface area contributed by atoms with Crippen LogP contribution in [0, 0.1) is 5.92 Å². The molecule has 0 amide bonds. The molecular weight excluding hydrogens is 432 g/mol. The Kier molecular flexibility index (Phi) is 9.33. The second kappa shape index (κ2) is 12.4. The van der Waals surface area contributed by atoms with Crippen molar-refractivity contribution in [2.75, 3.05) is 44.4 Å². The Labute approximate surface area is 202 Å². The molecule has 0 fully saturated rings. The molecule has 0 bridgehead atoms. The van der Waals surface area contributed by atoms with Crippen molar-refractivity contribution in [2.45, 2.75) is 25.0 Å². The summed E-state index contributed by atoms with van der Waals surface area (Å²) in [6, 6.07) is 14.1. The van der Waals surface area contributed by atoms with Gasteiger partial charge in [0, 0.05) is 42.7 Å². The zero-order chi connectivity index (χ0) is 23.6. The molecular formula is C25H34N6OS. The summed E-state index contributed by atoms with van der Waals surface area (Å²) >= 11 is 4.89. The minimum absolute atomic E-state index is 0.132. The SMILES string of the molecule is CNCCNc1cc(-c2cc(NCC(S)[C@@H](C)C(C)c3ccccc3OC)ncn2)ccn1. The van der Waals surface area contributed by atoms with Gasteiger partial charge in [-0.3, -0.25) is 0 Å². The molecule has 8 heteroatoms. The topological polar surface area (TPSA) is 84.0 Å². The molecule has 3 N–H and O–H groups in total. The molecule has 2 aromatic heterocycles. The number of methoxy groups -OCH3 is 1. The molecule has 0 aliphatic carbocycles. The van der Waals surface area contributed by atoms with Gasteiger partial charge < -0.3 is 20.7 Å². The van der Waals surface area contributed by atoms with Crippen molar-refractivity contribution in [1.82, 2.24) is 20.3 Å². The van der Waals surface area contributed by atoms with Crippen LogP contribution in [0.2, 0.25) is 0 Å². The van der Waals surface area contributed by atoms with E-state index in [1.807, 2.05) is 37.4 Å². The second-order valence-electron chi connectivity index (χ2n) is 8.09. The van der Waals surface area contributed by atoms with E-state index in [0.29, 0.717) is 18.4 Å². The van der Waals surface area contributed by atoms with E-state index in [0.717, 1.165) is 41.7 Å². The lowest BCUT2D eigenvalue weighted by Crippen LogP contribution is -2.26. The minimum Gasteiger partial charge on any atom is -0.496 e. The molecule has 7 nitrogen and oxygen atoms in total. The van der Waals surface area contributed by atoms with Gasteiger partial charge in [0.05, 0.1) is 12.8 Å². The number of para-hydroxylation sites is 1. The van der Waals surface area contributed by atoms with Gasteiger partial charge >= 0.3 is 0 Å². The number of likely N-dealkylation sites (N-methyl/N-ethyl adjacent to an activating group) is 1. The Balaban J connectivity index is 1.63. The number of nitrogens with one attached hydrogen (secondary N) is 3. The number of nitrogens with zero attached hydrogens (tertiary/aromatic N) is 3. The number of thiol groups is 1. The molecule has 3 aromatic rings. The van der Waals surface area contributed by atoms with Gasteiger partial charge in [0.25, 0.3) is 0 Å². The maximum absolute atomic E-state index is 5.55. The lowest BCUT2D eigenvalue weighted by molar-refractivity contribution is 0.393. The maximum Gasteiger partial charge on any atom is 0.129 e. The van der Waals surface area contributed by atoms with Gasteiger partial charge in [-0.15, -0.1) is 0 Å². The van der Waals surface area contributed by atoms with Crippen LogP contribution in [0.15, 0.2) is 55.0 Å². The first kappa shape index (κ1) is 24.8. The van der Waals surface area contributed by atoms with Crippen LogP contribution < -0.4 is 20.7 Å². The standard InChI is InChI=1S/C25H34N6OS/c1-17(20-7-5-6-8-22(20)32-4)18(2)23(33)15-29-25-14-21(30-16-31-25)19-9-10-27-24(13-19)28-12-11-26-3/h5-10,13-14,16-18,23,26,33H,11-12,15H2,1-4H3,(H,27,28)(H,29,30,31)/t17?,18-,23?/m0/s1. The number of anilines is 2. The highest BCUT2D eigenvalue weighted by atomic mass is 32.1. The lowest BCUT2D eigenvalue weighted by Gasteiger charge is -2.27. The van der Waals surface area contributed by atoms with Crippen molar-refractivity contribution in [1.29, 1.82) is 0 Å². The number of rotatable bonds is 12. The molecule has 1 aromatic carbocycles. The first-order valence-electron chi connectivity index (χ1n) is 11.2. The summed E-state index contributed by atoms with van der Waals surface area (Å²) in [6.45, 7) is 6.81. The number of ether oxygens (including phenoxy) is 1. The fourth-order valence-corrected chi connectivity index (χ4v) is 4.02. The second-order valence-corrected chi connectivity index (χ2v) is 8.75. The summed E-state index contributed by atoms with van der Waals surface area (Å²) < 4.78 is 5.55. The van der Waals surface area contributed by atoms with Gasteiger partial charge in [-0.2, -0.15) is 12.6 Å². The van der Waals surface area contributed by atoms with Crippen LogP contribution >= 0.6 is 12.6 Å². The summed E-state index contributed by atoms with van der Waals surface area (Å²) in [5, 5.41) is 9.98. The van der Waals surface area contributed by atoms with Crippen LogP contribution in [-0.2, 0) is 0 Å². The molecule has 2 heterocycles. The summed E-state index contributed by atoms with van der Waals surface area (Å²) in [5.74, 6) is 3.15. The summed E-state index contributed by atoms with van der Waals surface area (Å²) in [4.78, 5) is 13.2. The smallest absolute Gasteiger partial charge is 0.129 e. The van der Waals surface area contributed by atoms with E-state index in [1.165, 1.54) is 5.56 Å². The molecule has 3 rings (SSSR count). The van der Waals surface area contributed by atoms with Crippen LogP contribution in [0.5, 0.6) is 5.75 Å². The van der Waals surface area contributed by atoms with Crippen molar-refractivity contribution in [2.24, 2.45) is 5.92 Å². The maximum atomic E-state index is 5.55. The lowest BCUT2D eigenvalue weighted by atomic mass is 9.86. The fraction of sp³-hybridized carbons (Fsp3) is 0.400. The number of hydrogen-bond donors (Lipinski definition) is 4. The minimum atomic E-state index is 0.132. The van der Waals surface area contributed by atoms with Crippen molar-refractivity contribution in [3.8, 4) is 17.0 Å². The molecule has 0 saturated carbocycles. The molecule has 33 heavy (non-hydrogen) atoms. The third kappa shape index (κ3) is 6.82. The Bertz CT molecular complexity index is 1020. The number of aromatic nitrogens is 3. The molecule has 0 spiro atoms. The highest BCUT2D eigenvalue weighted by Gasteiger charge is 2.23. The first-order valence-corrected chi connectivity index (χ1v) is 11.8. The normalized spacial score (nSPS) is 13.7. The molecule has 0 saturated heterocycles. The van der Waals surface area contributed by atoms with Gasteiger partial charge in [-0.1, -0.05) is 32.0 Å². The van der Waals surface area contributed by atoms with Crippen LogP contribution in [0.1, 0.15) is 25.3 Å². The highest BCUT2D eigenvalue weighted by molar-refractivity contribution is 7.81. The van der Waals surface area contributed by atoms with Gasteiger partial charge in [0.2, 0.25) is 0 Å². The van der Waals surface area contributed by atoms with Gasteiger partial charge in [-0.25, -0.2) is 15.0 Å². The molecule has 0 aliphatic heterocycles. The average Bonchev–Trinajstić information content (AvgIpc) is 2.87. The molecule has 0 aliphatic rings. The third-order valence-electron chi connectivity index (χ3n) is 5.92. The Morgan fingerprint density at radius 1 is 0.970 bits per heavy atom. The number of benzene rings is 1. The molecule has 3 atom stereocenters. The predicted molar refractivity (Wildman–Crippen MR) is 140 cm³/mol. The number of pyridine rings is 1. The summed E-state index contributed by atoms with van der Waals surface area (Å²) in [6.07, 6.45) is 3.37. The first-order chi connectivity index (χ1) is 16.0. The van der Waals surface area contributed by atoms with E-state index in [1.54, 1.807) is 19.6 Å². The van der Waals surface area contributed by atoms with Crippen molar-refractivity contribution >= 4 is 24.3 Å². The average molecular weight is 467 g/mol. The van der Waals surface area contributed by atoms with Gasteiger partial charge in [0.15, 0.2) is 0 Å². The Hall–Kier alpha value is -2.84. The Morgan fingerprint density at radius 2 is 1.76 bits per heavy atom. The highest BCUT2D eigenvalue weighted by Crippen LogP contribution is 2.34. The summed E-state index contributed by atoms with van der Waals surface area (Å²) in [7, 11) is 3.64. The molecule has 0 radical (unpaired) electrons. The largest absolute Gasteiger partial charge is 0.496 e. The van der Waals surface area contributed by atoms with E-state index in [2.05, 4.69) is 56.9 Å². The van der Waals surface area contributed by atoms with Crippen LogP contribution in [0.25, 0.3) is 11.3 Å². The molecule has 2 unspecified atom stereocenters. The fourth-order valence-electron chi connectivity index (χ4n) is 3.67. The quantitative estimate of drug-likeness (QED) is 0.234. The van der Waals surface area contributed by atoms with Crippen molar-refractivity contribution < 1.29 is 4.74 Å². The molecule has 176 valence electrons. The van der Waals surface area contributed by atoms with E-state index in [-0.39, 0.29) is 5.25 Å². The van der Waals surface area contributed by atoms with Gasteiger partial charge in [-0.05, 0) is 42.6 Å². The van der Waals surface area contributed by atoms with Crippen molar-refractivity contribution in [3.05, 3.63) is 60.6 Å². The van der Waals surface area contributed by atoms with Crippen LogP contribution in [0.4, 0.5) is 11.6 Å². The summed E-state index contributed by atoms with van der Waals surface area (Å²) in [5.41, 5.74) is 3.04.